The number of rotatable bonds is 9. The average Bonchev–Trinajstić information content (AvgIpc) is 2.39. The Labute approximate surface area is 120 Å². The molecule has 0 atom stereocenters. The molecule has 1 aromatic carbocycles. The van der Waals surface area contributed by atoms with E-state index in [4.69, 9.17) is 4.74 Å². The van der Waals surface area contributed by atoms with Gasteiger partial charge in [0.15, 0.2) is 0 Å². The first-order valence-corrected chi connectivity index (χ1v) is 9.05. The van der Waals surface area contributed by atoms with E-state index in [1.165, 1.54) is 32.1 Å². The molecule has 0 unspecified atom stereocenters. The topological polar surface area (TPSA) is 26.3 Å². The first-order valence-electron chi connectivity index (χ1n) is 6.72. The van der Waals surface area contributed by atoms with E-state index in [1.807, 2.05) is 30.3 Å². The zero-order chi connectivity index (χ0) is 13.1. The zero-order valence-corrected chi connectivity index (χ0v) is 13.4. The SMILES string of the molecule is CCCCCCCCOC(=O)[Te]c1ccccc1. The summed E-state index contributed by atoms with van der Waals surface area (Å²) < 4.78 is 6.43. The van der Waals surface area contributed by atoms with Crippen LogP contribution < -0.4 is 3.61 Å². The van der Waals surface area contributed by atoms with Crippen LogP contribution in [0.25, 0.3) is 0 Å². The number of carbonyl (C=O) groups excluding carboxylic acids is 1. The second-order valence-corrected chi connectivity index (χ2v) is 7.16. The third kappa shape index (κ3) is 7.74. The first-order chi connectivity index (χ1) is 8.83. The second-order valence-electron chi connectivity index (χ2n) is 4.28. The molecule has 1 aromatic rings. The minimum absolute atomic E-state index is 0.0140. The third-order valence-corrected chi connectivity index (χ3v) is 4.92. The van der Waals surface area contributed by atoms with E-state index in [9.17, 15) is 4.79 Å². The van der Waals surface area contributed by atoms with Crippen LogP contribution in [0.4, 0.5) is 4.79 Å². The van der Waals surface area contributed by atoms with Crippen molar-refractivity contribution in [2.24, 2.45) is 0 Å². The summed E-state index contributed by atoms with van der Waals surface area (Å²) in [5, 5.41) is 0. The Kier molecular flexibility index (Phi) is 8.98. The summed E-state index contributed by atoms with van der Waals surface area (Å²) >= 11 is -0.814. The summed E-state index contributed by atoms with van der Waals surface area (Å²) in [7, 11) is 0. The van der Waals surface area contributed by atoms with Gasteiger partial charge in [-0.1, -0.05) is 0 Å². The minimum atomic E-state index is -0.814. The monoisotopic (exact) mass is 364 g/mol. The standard InChI is InChI=1S/C15H22O2Te/c1-2-3-4-5-6-10-13-17-15(16)18-14-11-8-7-9-12-14/h7-9,11-12H,2-6,10,13H2,1H3. The fourth-order valence-electron chi connectivity index (χ4n) is 1.65. The van der Waals surface area contributed by atoms with Gasteiger partial charge in [-0.2, -0.15) is 0 Å². The molecule has 0 aliphatic rings. The van der Waals surface area contributed by atoms with Crippen LogP contribution in [-0.4, -0.2) is 31.5 Å². The summed E-state index contributed by atoms with van der Waals surface area (Å²) in [6.45, 7) is 2.82. The Morgan fingerprint density at radius 2 is 1.72 bits per heavy atom. The summed E-state index contributed by atoms with van der Waals surface area (Å²) in [6.07, 6.45) is 7.36. The van der Waals surface area contributed by atoms with Gasteiger partial charge in [0.25, 0.3) is 0 Å². The Bertz CT molecular complexity index is 325. The van der Waals surface area contributed by atoms with Crippen molar-refractivity contribution in [3.63, 3.8) is 0 Å². The van der Waals surface area contributed by atoms with Crippen LogP contribution in [0.5, 0.6) is 0 Å². The van der Waals surface area contributed by atoms with E-state index >= 15 is 0 Å². The van der Waals surface area contributed by atoms with E-state index in [0.29, 0.717) is 6.61 Å². The number of unbranched alkanes of at least 4 members (excludes halogenated alkanes) is 5. The first kappa shape index (κ1) is 15.5. The molecule has 0 radical (unpaired) electrons. The van der Waals surface area contributed by atoms with Crippen LogP contribution >= 0.6 is 0 Å². The Hall–Kier alpha value is -0.520. The van der Waals surface area contributed by atoms with E-state index in [2.05, 4.69) is 6.92 Å². The molecule has 0 spiro atoms. The molecular weight excluding hydrogens is 340 g/mol. The predicted molar refractivity (Wildman–Crippen MR) is 76.6 cm³/mol. The number of carbonyl (C=O) groups is 1. The van der Waals surface area contributed by atoms with Gasteiger partial charge < -0.3 is 0 Å². The molecule has 0 heterocycles. The van der Waals surface area contributed by atoms with Crippen molar-refractivity contribution in [1.82, 2.24) is 0 Å². The van der Waals surface area contributed by atoms with Gasteiger partial charge in [-0.15, -0.1) is 0 Å². The second kappa shape index (κ2) is 10.4. The molecule has 0 amide bonds. The molecule has 1 rings (SSSR count). The van der Waals surface area contributed by atoms with Crippen LogP contribution in [0.3, 0.4) is 0 Å². The Morgan fingerprint density at radius 3 is 2.44 bits per heavy atom. The van der Waals surface area contributed by atoms with Gasteiger partial charge in [0.05, 0.1) is 0 Å². The number of hydrogen-bond donors (Lipinski definition) is 0. The number of benzene rings is 1. The molecule has 0 aliphatic heterocycles. The average molecular weight is 362 g/mol. The molecule has 3 heteroatoms. The quantitative estimate of drug-likeness (QED) is 0.497. The molecule has 2 nitrogen and oxygen atoms in total. The van der Waals surface area contributed by atoms with E-state index in [0.717, 1.165) is 10.0 Å². The Morgan fingerprint density at radius 1 is 1.06 bits per heavy atom. The van der Waals surface area contributed by atoms with Gasteiger partial charge in [0, 0.05) is 0 Å². The molecule has 0 fully saturated rings. The van der Waals surface area contributed by atoms with Gasteiger partial charge >= 0.3 is 120 Å². The van der Waals surface area contributed by atoms with Crippen LogP contribution in [0, 0.1) is 0 Å². The van der Waals surface area contributed by atoms with Crippen molar-refractivity contribution in [3.8, 4) is 0 Å². The fraction of sp³-hybridized carbons (Fsp3) is 0.533. The van der Waals surface area contributed by atoms with Crippen LogP contribution in [0.2, 0.25) is 0 Å². The summed E-state index contributed by atoms with van der Waals surface area (Å²) in [6, 6.07) is 9.93. The van der Waals surface area contributed by atoms with Gasteiger partial charge in [0.1, 0.15) is 0 Å². The van der Waals surface area contributed by atoms with Crippen molar-refractivity contribution in [1.29, 1.82) is 0 Å². The summed E-state index contributed by atoms with van der Waals surface area (Å²) in [5.74, 6) is 0. The van der Waals surface area contributed by atoms with Crippen LogP contribution in [0.15, 0.2) is 30.3 Å². The van der Waals surface area contributed by atoms with Gasteiger partial charge in [0.2, 0.25) is 0 Å². The third-order valence-electron chi connectivity index (χ3n) is 2.66. The summed E-state index contributed by atoms with van der Waals surface area (Å²) in [4.78, 5) is 11.6. The molecule has 0 saturated heterocycles. The van der Waals surface area contributed by atoms with Crippen molar-refractivity contribution in [2.45, 2.75) is 45.4 Å². The zero-order valence-electron chi connectivity index (χ0n) is 11.1. The maximum absolute atomic E-state index is 11.6. The Balaban J connectivity index is 2.00. The molecule has 0 aromatic heterocycles. The number of hydrogen-bond acceptors (Lipinski definition) is 2. The fourth-order valence-corrected chi connectivity index (χ4v) is 3.44. The normalized spacial score (nSPS) is 10.3. The maximum atomic E-state index is 11.6. The molecule has 0 saturated carbocycles. The molecular formula is C15H22O2Te. The van der Waals surface area contributed by atoms with Crippen molar-refractivity contribution in [2.75, 3.05) is 6.61 Å². The molecule has 100 valence electrons. The molecule has 0 N–H and O–H groups in total. The van der Waals surface area contributed by atoms with Gasteiger partial charge in [-0.25, -0.2) is 0 Å². The van der Waals surface area contributed by atoms with Gasteiger partial charge in [-0.3, -0.25) is 0 Å². The molecule has 18 heavy (non-hydrogen) atoms. The van der Waals surface area contributed by atoms with E-state index in [1.54, 1.807) is 0 Å². The van der Waals surface area contributed by atoms with Crippen molar-refractivity contribution >= 4 is 28.6 Å². The molecule has 0 bridgehead atoms. The predicted octanol–water partition coefficient (Wildman–Crippen LogP) is 3.51. The van der Waals surface area contributed by atoms with Crippen LogP contribution in [-0.2, 0) is 4.74 Å². The van der Waals surface area contributed by atoms with Gasteiger partial charge in [-0.05, 0) is 0 Å². The van der Waals surface area contributed by atoms with Crippen LogP contribution in [0.1, 0.15) is 45.4 Å². The van der Waals surface area contributed by atoms with Crippen molar-refractivity contribution < 1.29 is 9.53 Å². The van der Waals surface area contributed by atoms with E-state index < -0.39 is 20.9 Å². The number of ether oxygens (including phenoxy) is 1. The molecule has 0 aliphatic carbocycles. The van der Waals surface area contributed by atoms with E-state index in [-0.39, 0.29) is 4.02 Å². The summed E-state index contributed by atoms with van der Waals surface area (Å²) in [5.41, 5.74) is 0. The van der Waals surface area contributed by atoms with Crippen molar-refractivity contribution in [3.05, 3.63) is 30.3 Å².